The zero-order valence-corrected chi connectivity index (χ0v) is 10.4. The highest BCUT2D eigenvalue weighted by atomic mass is 16.4. The number of carboxylic acid groups (broad SMARTS) is 1. The number of hydrogen-bond acceptors (Lipinski definition) is 5. The van der Waals surface area contributed by atoms with Crippen molar-refractivity contribution in [1.29, 1.82) is 0 Å². The summed E-state index contributed by atoms with van der Waals surface area (Å²) < 4.78 is 1.42. The molecule has 8 heteroatoms. The second kappa shape index (κ2) is 6.67. The third-order valence-corrected chi connectivity index (χ3v) is 2.75. The smallest absolute Gasteiger partial charge is 0.326 e. The van der Waals surface area contributed by atoms with Gasteiger partial charge in [-0.2, -0.15) is 0 Å². The number of carbonyl (C=O) groups excluding carboxylic acids is 1. The van der Waals surface area contributed by atoms with Gasteiger partial charge in [-0.3, -0.25) is 4.79 Å². The highest BCUT2D eigenvalue weighted by Gasteiger charge is 2.24. The van der Waals surface area contributed by atoms with Crippen molar-refractivity contribution in [2.24, 2.45) is 5.92 Å². The molecule has 0 radical (unpaired) electrons. The molecule has 1 rings (SSSR count). The van der Waals surface area contributed by atoms with Crippen LogP contribution < -0.4 is 5.32 Å². The van der Waals surface area contributed by atoms with Crippen molar-refractivity contribution in [1.82, 2.24) is 25.5 Å². The van der Waals surface area contributed by atoms with E-state index in [-0.39, 0.29) is 18.2 Å². The van der Waals surface area contributed by atoms with Crippen LogP contribution in [0.15, 0.2) is 6.33 Å². The molecule has 0 aliphatic carbocycles. The van der Waals surface area contributed by atoms with Gasteiger partial charge in [0.05, 0.1) is 6.54 Å². The lowest BCUT2D eigenvalue weighted by molar-refractivity contribution is -0.143. The lowest BCUT2D eigenvalue weighted by atomic mass is 9.99. The molecule has 1 heterocycles. The third-order valence-electron chi connectivity index (χ3n) is 2.75. The zero-order chi connectivity index (χ0) is 13.5. The maximum atomic E-state index is 11.6. The van der Waals surface area contributed by atoms with E-state index in [1.54, 1.807) is 6.92 Å². The molecule has 2 N–H and O–H groups in total. The van der Waals surface area contributed by atoms with Gasteiger partial charge in [-0.05, 0) is 16.3 Å². The predicted octanol–water partition coefficient (Wildman–Crippen LogP) is -0.321. The van der Waals surface area contributed by atoms with Gasteiger partial charge in [0.25, 0.3) is 0 Å². The van der Waals surface area contributed by atoms with Crippen LogP contribution in [0.3, 0.4) is 0 Å². The number of hydrogen-bond donors (Lipinski definition) is 2. The minimum atomic E-state index is -1.01. The number of aromatic nitrogens is 4. The van der Waals surface area contributed by atoms with E-state index in [4.69, 9.17) is 5.11 Å². The molecule has 0 aromatic carbocycles. The number of amides is 1. The van der Waals surface area contributed by atoms with Gasteiger partial charge >= 0.3 is 5.97 Å². The van der Waals surface area contributed by atoms with Crippen molar-refractivity contribution in [3.05, 3.63) is 6.33 Å². The molecule has 0 saturated carbocycles. The number of rotatable bonds is 7. The van der Waals surface area contributed by atoms with Gasteiger partial charge in [-0.1, -0.05) is 20.3 Å². The van der Waals surface area contributed by atoms with Gasteiger partial charge in [0.15, 0.2) is 0 Å². The molecule has 0 bridgehead atoms. The van der Waals surface area contributed by atoms with Crippen LogP contribution in [0, 0.1) is 5.92 Å². The highest BCUT2D eigenvalue weighted by Crippen LogP contribution is 2.08. The van der Waals surface area contributed by atoms with Gasteiger partial charge < -0.3 is 10.4 Å². The SMILES string of the molecule is CC[C@H](C)[C@H](NC(=O)CCn1cnnn1)C(=O)O. The quantitative estimate of drug-likeness (QED) is 0.690. The average molecular weight is 255 g/mol. The van der Waals surface area contributed by atoms with E-state index in [1.165, 1.54) is 11.0 Å². The van der Waals surface area contributed by atoms with Gasteiger partial charge in [-0.25, -0.2) is 9.48 Å². The summed E-state index contributed by atoms with van der Waals surface area (Å²) >= 11 is 0. The molecule has 1 amide bonds. The molecule has 0 aliphatic heterocycles. The van der Waals surface area contributed by atoms with E-state index in [0.717, 1.165) is 0 Å². The van der Waals surface area contributed by atoms with Gasteiger partial charge in [0, 0.05) is 6.42 Å². The maximum absolute atomic E-state index is 11.6. The monoisotopic (exact) mass is 255 g/mol. The minimum Gasteiger partial charge on any atom is -0.480 e. The largest absolute Gasteiger partial charge is 0.480 e. The summed E-state index contributed by atoms with van der Waals surface area (Å²) in [6, 6.07) is -0.851. The summed E-state index contributed by atoms with van der Waals surface area (Å²) in [5.41, 5.74) is 0. The fourth-order valence-corrected chi connectivity index (χ4v) is 1.43. The standard InChI is InChI=1S/C10H17N5O3/c1-3-7(2)9(10(17)18)12-8(16)4-5-15-6-11-13-14-15/h6-7,9H,3-5H2,1-2H3,(H,12,16)(H,17,18)/t7-,9-/m0/s1. The molecule has 8 nitrogen and oxygen atoms in total. The van der Waals surface area contributed by atoms with Crippen molar-refractivity contribution in [3.8, 4) is 0 Å². The summed E-state index contributed by atoms with van der Waals surface area (Å²) in [6.07, 6.45) is 2.23. The van der Waals surface area contributed by atoms with E-state index >= 15 is 0 Å². The van der Waals surface area contributed by atoms with Crippen molar-refractivity contribution in [2.75, 3.05) is 0 Å². The molecule has 0 saturated heterocycles. The lowest BCUT2D eigenvalue weighted by Crippen LogP contribution is -2.45. The molecule has 0 unspecified atom stereocenters. The van der Waals surface area contributed by atoms with Crippen LogP contribution in [0.25, 0.3) is 0 Å². The van der Waals surface area contributed by atoms with Gasteiger partial charge in [0.1, 0.15) is 12.4 Å². The normalized spacial score (nSPS) is 13.9. The van der Waals surface area contributed by atoms with E-state index in [9.17, 15) is 9.59 Å². The van der Waals surface area contributed by atoms with Crippen molar-refractivity contribution >= 4 is 11.9 Å². The number of aryl methyl sites for hydroxylation is 1. The van der Waals surface area contributed by atoms with Crippen molar-refractivity contribution in [3.63, 3.8) is 0 Å². The Balaban J connectivity index is 2.44. The summed E-state index contributed by atoms with van der Waals surface area (Å²) in [7, 11) is 0. The fourth-order valence-electron chi connectivity index (χ4n) is 1.43. The first-order valence-electron chi connectivity index (χ1n) is 5.77. The summed E-state index contributed by atoms with van der Waals surface area (Å²) in [4.78, 5) is 22.6. The Kier molecular flexibility index (Phi) is 5.22. The molecule has 18 heavy (non-hydrogen) atoms. The Morgan fingerprint density at radius 2 is 2.22 bits per heavy atom. The molecule has 0 fully saturated rings. The van der Waals surface area contributed by atoms with Crippen LogP contribution in [0.2, 0.25) is 0 Å². The van der Waals surface area contributed by atoms with Crippen LogP contribution in [0.5, 0.6) is 0 Å². The van der Waals surface area contributed by atoms with Crippen molar-refractivity contribution < 1.29 is 14.7 Å². The summed E-state index contributed by atoms with van der Waals surface area (Å²) in [5.74, 6) is -1.45. The molecular weight excluding hydrogens is 238 g/mol. The van der Waals surface area contributed by atoms with Gasteiger partial charge in [0.2, 0.25) is 5.91 Å². The molecule has 100 valence electrons. The Labute approximate surface area is 104 Å². The van der Waals surface area contributed by atoms with E-state index in [0.29, 0.717) is 13.0 Å². The fraction of sp³-hybridized carbons (Fsp3) is 0.700. The van der Waals surface area contributed by atoms with E-state index in [2.05, 4.69) is 20.8 Å². The Morgan fingerprint density at radius 1 is 1.50 bits per heavy atom. The number of nitrogens with one attached hydrogen (secondary N) is 1. The zero-order valence-electron chi connectivity index (χ0n) is 10.4. The summed E-state index contributed by atoms with van der Waals surface area (Å²) in [5, 5.41) is 22.0. The summed E-state index contributed by atoms with van der Waals surface area (Å²) in [6.45, 7) is 4.00. The van der Waals surface area contributed by atoms with E-state index < -0.39 is 12.0 Å². The number of carbonyl (C=O) groups is 2. The van der Waals surface area contributed by atoms with Crippen molar-refractivity contribution in [2.45, 2.75) is 39.3 Å². The first-order chi connectivity index (χ1) is 8.54. The molecule has 0 spiro atoms. The number of nitrogens with zero attached hydrogens (tertiary/aromatic N) is 4. The minimum absolute atomic E-state index is 0.112. The third kappa shape index (κ3) is 4.11. The average Bonchev–Trinajstić information content (AvgIpc) is 2.85. The second-order valence-electron chi connectivity index (χ2n) is 4.09. The van der Waals surface area contributed by atoms with Crippen LogP contribution in [0.4, 0.5) is 0 Å². The van der Waals surface area contributed by atoms with Crippen LogP contribution in [-0.2, 0) is 16.1 Å². The van der Waals surface area contributed by atoms with Crippen LogP contribution >= 0.6 is 0 Å². The second-order valence-corrected chi connectivity index (χ2v) is 4.09. The van der Waals surface area contributed by atoms with Crippen LogP contribution in [0.1, 0.15) is 26.7 Å². The van der Waals surface area contributed by atoms with E-state index in [1.807, 2.05) is 6.92 Å². The first kappa shape index (κ1) is 14.1. The molecule has 0 aliphatic rings. The molecular formula is C10H17N5O3. The number of aliphatic carboxylic acids is 1. The maximum Gasteiger partial charge on any atom is 0.326 e. The predicted molar refractivity (Wildman–Crippen MR) is 61.5 cm³/mol. The topological polar surface area (TPSA) is 110 Å². The first-order valence-corrected chi connectivity index (χ1v) is 5.77. The number of carboxylic acids is 1. The van der Waals surface area contributed by atoms with Crippen LogP contribution in [-0.4, -0.2) is 43.2 Å². The molecule has 2 atom stereocenters. The Morgan fingerprint density at radius 3 is 2.72 bits per heavy atom. The molecule has 1 aromatic rings. The van der Waals surface area contributed by atoms with Gasteiger partial charge in [-0.15, -0.1) is 5.10 Å². The highest BCUT2D eigenvalue weighted by molar-refractivity contribution is 5.83. The molecule has 1 aromatic heterocycles. The lowest BCUT2D eigenvalue weighted by Gasteiger charge is -2.19. The Hall–Kier alpha value is -1.99. The Bertz CT molecular complexity index is 392. The number of tetrazole rings is 1.